The maximum absolute atomic E-state index is 12.2. The lowest BCUT2D eigenvalue weighted by atomic mass is 10.0. The van der Waals surface area contributed by atoms with Gasteiger partial charge < -0.3 is 20.1 Å². The van der Waals surface area contributed by atoms with Crippen LogP contribution in [0.4, 0.5) is 0 Å². The van der Waals surface area contributed by atoms with Gasteiger partial charge >= 0.3 is 13.8 Å². The first kappa shape index (κ1) is 61.5. The fourth-order valence-corrected chi connectivity index (χ4v) is 8.58. The number of amides is 1. The minimum Gasteiger partial charge on any atom is -0.463 e. The highest BCUT2D eigenvalue weighted by Crippen LogP contribution is 2.42. The van der Waals surface area contributed by atoms with Crippen molar-refractivity contribution in [1.29, 1.82) is 0 Å². The molecule has 63 heavy (non-hydrogen) atoms. The molecule has 0 spiro atoms. The Labute approximate surface area is 389 Å². The van der Waals surface area contributed by atoms with Gasteiger partial charge in [-0.05, 0) is 44.9 Å². The summed E-state index contributed by atoms with van der Waals surface area (Å²) in [7, 11) is -4.42. The highest BCUT2D eigenvalue weighted by atomic mass is 31.2. The van der Waals surface area contributed by atoms with E-state index in [-0.39, 0.29) is 32.1 Å². The van der Waals surface area contributed by atoms with Gasteiger partial charge in [0, 0.05) is 19.4 Å². The van der Waals surface area contributed by atoms with Crippen molar-refractivity contribution in [2.45, 2.75) is 277 Å². The molecule has 0 fully saturated rings. The van der Waals surface area contributed by atoms with Crippen LogP contribution in [0.1, 0.15) is 271 Å². The van der Waals surface area contributed by atoms with E-state index < -0.39 is 26.5 Å². The minimum absolute atomic E-state index is 0.0860. The number of allylic oxidation sites excluding steroid dienone is 4. The Morgan fingerprint density at radius 3 is 1.30 bits per heavy atom. The molecule has 0 aliphatic rings. The Kier molecular flexibility index (Phi) is 48.7. The largest absolute Gasteiger partial charge is 0.472 e. The number of carbonyl (C=O) groups is 2. The van der Waals surface area contributed by atoms with Gasteiger partial charge in [-0.1, -0.05) is 237 Å². The fourth-order valence-electron chi connectivity index (χ4n) is 7.83. The maximum atomic E-state index is 12.2. The first-order valence-electron chi connectivity index (χ1n) is 26.8. The van der Waals surface area contributed by atoms with Crippen molar-refractivity contribution in [3.63, 3.8) is 0 Å². The second-order valence-corrected chi connectivity index (χ2v) is 19.7. The lowest BCUT2D eigenvalue weighted by Crippen LogP contribution is -2.27. The number of nitrogens with one attached hydrogen (secondary N) is 1. The van der Waals surface area contributed by atoms with Crippen LogP contribution < -0.4 is 5.32 Å². The van der Waals surface area contributed by atoms with E-state index >= 15 is 0 Å². The molecule has 2 unspecified atom stereocenters. The van der Waals surface area contributed by atoms with Crippen LogP contribution in [0.25, 0.3) is 0 Å². The average molecular weight is 912 g/mol. The molecule has 0 bridgehead atoms. The number of esters is 1. The molecule has 0 saturated carbocycles. The second kappa shape index (κ2) is 49.9. The zero-order valence-corrected chi connectivity index (χ0v) is 42.2. The van der Waals surface area contributed by atoms with Crippen molar-refractivity contribution in [3.05, 3.63) is 24.3 Å². The Hall–Kier alpha value is -1.51. The zero-order chi connectivity index (χ0) is 46.0. The monoisotopic (exact) mass is 912 g/mol. The third-order valence-corrected chi connectivity index (χ3v) is 12.9. The van der Waals surface area contributed by atoms with Crippen LogP contribution in [0.15, 0.2) is 24.3 Å². The number of phosphoric ester groups is 1. The zero-order valence-electron chi connectivity index (χ0n) is 41.3. The summed E-state index contributed by atoms with van der Waals surface area (Å²) >= 11 is 0. The fraction of sp³-hybridized carbons (Fsp3) is 0.887. The highest BCUT2D eigenvalue weighted by molar-refractivity contribution is 7.47. The van der Waals surface area contributed by atoms with Crippen LogP contribution in [0.5, 0.6) is 0 Å². The summed E-state index contributed by atoms with van der Waals surface area (Å²) in [5.41, 5.74) is 0. The number of aliphatic hydroxyl groups excluding tert-OH is 1. The van der Waals surface area contributed by atoms with E-state index in [9.17, 15) is 24.2 Å². The van der Waals surface area contributed by atoms with Crippen molar-refractivity contribution in [3.8, 4) is 0 Å². The molecule has 0 aliphatic carbocycles. The molecule has 0 radical (unpaired) electrons. The van der Waals surface area contributed by atoms with Gasteiger partial charge in [-0.2, -0.15) is 0 Å². The summed E-state index contributed by atoms with van der Waals surface area (Å²) in [6.45, 7) is 3.59. The van der Waals surface area contributed by atoms with Crippen LogP contribution in [0.3, 0.4) is 0 Å². The number of phosphoric acid groups is 1. The molecule has 10 heteroatoms. The van der Waals surface area contributed by atoms with E-state index in [1.54, 1.807) is 0 Å². The lowest BCUT2D eigenvalue weighted by molar-refractivity contribution is -0.147. The molecule has 2 atom stereocenters. The lowest BCUT2D eigenvalue weighted by Gasteiger charge is -2.15. The predicted octanol–water partition coefficient (Wildman–Crippen LogP) is 15.9. The Balaban J connectivity index is 3.51. The molecule has 0 aromatic carbocycles. The first-order valence-corrected chi connectivity index (χ1v) is 28.3. The van der Waals surface area contributed by atoms with E-state index in [2.05, 4.69) is 43.5 Å². The summed E-state index contributed by atoms with van der Waals surface area (Å²) in [5.74, 6) is -0.505. The van der Waals surface area contributed by atoms with Crippen LogP contribution in [0.2, 0.25) is 0 Å². The van der Waals surface area contributed by atoms with E-state index in [4.69, 9.17) is 13.8 Å². The van der Waals surface area contributed by atoms with Crippen LogP contribution in [-0.2, 0) is 27.9 Å². The van der Waals surface area contributed by atoms with Gasteiger partial charge in [-0.25, -0.2) is 4.57 Å². The van der Waals surface area contributed by atoms with Crippen molar-refractivity contribution in [1.82, 2.24) is 5.32 Å². The first-order chi connectivity index (χ1) is 30.8. The van der Waals surface area contributed by atoms with Crippen LogP contribution in [-0.4, -0.2) is 54.3 Å². The van der Waals surface area contributed by atoms with Crippen LogP contribution >= 0.6 is 7.82 Å². The van der Waals surface area contributed by atoms with Gasteiger partial charge in [0.15, 0.2) is 0 Å². The summed E-state index contributed by atoms with van der Waals surface area (Å²) in [6.07, 6.45) is 56.9. The maximum Gasteiger partial charge on any atom is 0.472 e. The minimum atomic E-state index is -4.42. The number of unbranched alkanes of at least 4 members (excludes halogenated alkanes) is 34. The van der Waals surface area contributed by atoms with Crippen molar-refractivity contribution in [2.24, 2.45) is 0 Å². The number of hydrogen-bond donors (Lipinski definition) is 3. The van der Waals surface area contributed by atoms with Gasteiger partial charge in [0.25, 0.3) is 0 Å². The number of hydrogen-bond acceptors (Lipinski definition) is 7. The molecule has 372 valence electrons. The molecule has 1 amide bonds. The summed E-state index contributed by atoms with van der Waals surface area (Å²) in [4.78, 5) is 34.1. The quantitative estimate of drug-likeness (QED) is 0.0238. The third kappa shape index (κ3) is 51.3. The number of aliphatic hydroxyl groups is 1. The summed E-state index contributed by atoms with van der Waals surface area (Å²) < 4.78 is 27.0. The normalized spacial score (nSPS) is 13.3. The smallest absolute Gasteiger partial charge is 0.463 e. The van der Waals surface area contributed by atoms with Crippen molar-refractivity contribution < 1.29 is 37.9 Å². The predicted molar refractivity (Wildman–Crippen MR) is 266 cm³/mol. The number of rotatable bonds is 51. The SMILES string of the molecule is CCCCC/C=C\C/C=C\CCCCCCCCCCCCCC(=O)OCC(O)COP(=O)(O)OCCNC(=O)CCCCCCCCCCCCCCCCCCCCCCC. The Bertz CT molecular complexity index is 1090. The Morgan fingerprint density at radius 1 is 0.492 bits per heavy atom. The molecule has 0 aromatic rings. The number of ether oxygens (including phenoxy) is 1. The highest BCUT2D eigenvalue weighted by Gasteiger charge is 2.23. The van der Waals surface area contributed by atoms with Gasteiger partial charge in [0.2, 0.25) is 5.91 Å². The van der Waals surface area contributed by atoms with E-state index in [0.717, 1.165) is 44.9 Å². The molecule has 0 saturated heterocycles. The molecule has 9 nitrogen and oxygen atoms in total. The summed E-state index contributed by atoms with van der Waals surface area (Å²) in [6, 6.07) is 0. The topological polar surface area (TPSA) is 131 Å². The second-order valence-electron chi connectivity index (χ2n) is 18.2. The molecule has 0 heterocycles. The standard InChI is InChI=1S/C53H102NO8P/c1-3-5-7-9-11-13-15-17-19-21-23-25-27-29-31-33-35-37-39-41-43-45-52(56)54-47-48-61-63(58,59)62-50-51(55)49-60-53(57)46-44-42-40-38-36-34-32-30-28-26-24-22-20-18-16-14-12-10-8-6-4-2/h12,14,18,20,51,55H,3-11,13,15-17,19,21-50H2,1-2H3,(H,54,56)(H,58,59)/b14-12-,20-18-. The molecule has 0 rings (SSSR count). The average Bonchev–Trinajstić information content (AvgIpc) is 3.27. The van der Waals surface area contributed by atoms with Crippen LogP contribution in [0, 0.1) is 0 Å². The van der Waals surface area contributed by atoms with Gasteiger partial charge in [-0.3, -0.25) is 18.6 Å². The molecule has 0 aromatic heterocycles. The van der Waals surface area contributed by atoms with E-state index in [1.807, 2.05) is 0 Å². The molecular weight excluding hydrogens is 810 g/mol. The number of carbonyl (C=O) groups excluding carboxylic acids is 2. The Morgan fingerprint density at radius 2 is 0.857 bits per heavy atom. The van der Waals surface area contributed by atoms with E-state index in [1.165, 1.54) is 199 Å². The molecule has 0 aliphatic heterocycles. The molecular formula is C53H102NO8P. The van der Waals surface area contributed by atoms with Gasteiger partial charge in [0.1, 0.15) is 12.7 Å². The van der Waals surface area contributed by atoms with Gasteiger partial charge in [0.05, 0.1) is 13.2 Å². The van der Waals surface area contributed by atoms with E-state index in [0.29, 0.717) is 6.42 Å². The summed E-state index contributed by atoms with van der Waals surface area (Å²) in [5, 5.41) is 12.8. The van der Waals surface area contributed by atoms with Gasteiger partial charge in [-0.15, -0.1) is 0 Å². The van der Waals surface area contributed by atoms with Crippen molar-refractivity contribution in [2.75, 3.05) is 26.4 Å². The molecule has 3 N–H and O–H groups in total. The third-order valence-electron chi connectivity index (χ3n) is 11.9. The van der Waals surface area contributed by atoms with Crippen molar-refractivity contribution >= 4 is 19.7 Å².